The Balaban J connectivity index is 2.61. The van der Waals surface area contributed by atoms with Crippen molar-refractivity contribution in [1.82, 2.24) is 0 Å². The van der Waals surface area contributed by atoms with Gasteiger partial charge in [0.15, 0.2) is 0 Å². The maximum absolute atomic E-state index is 13.6. The summed E-state index contributed by atoms with van der Waals surface area (Å²) in [6.07, 6.45) is 0. The van der Waals surface area contributed by atoms with E-state index in [0.29, 0.717) is 22.8 Å². The standard InChI is InChI=1S/C16H24ClO6PS/c1-5-20-16(18)15-14(24(19,21-6-2)22-7-3)13-11(8-17)10(4)23-12(13)9-25-15/h14-15H,5-9H2,1-4H3. The molecule has 9 heteroatoms. The predicted molar refractivity (Wildman–Crippen MR) is 98.3 cm³/mol. The Kier molecular flexibility index (Phi) is 7.47. The zero-order chi connectivity index (χ0) is 18.6. The highest BCUT2D eigenvalue weighted by molar-refractivity contribution is 8.00. The van der Waals surface area contributed by atoms with Crippen LogP contribution in [0.15, 0.2) is 4.42 Å². The lowest BCUT2D eigenvalue weighted by molar-refractivity contribution is -0.142. The van der Waals surface area contributed by atoms with E-state index in [1.54, 1.807) is 20.8 Å². The molecule has 0 aliphatic carbocycles. The number of alkyl halides is 1. The van der Waals surface area contributed by atoms with Crippen LogP contribution in [0.3, 0.4) is 0 Å². The Labute approximate surface area is 157 Å². The van der Waals surface area contributed by atoms with Gasteiger partial charge in [0.2, 0.25) is 0 Å². The number of hydrogen-bond donors (Lipinski definition) is 0. The zero-order valence-electron chi connectivity index (χ0n) is 14.9. The third-order valence-corrected chi connectivity index (χ3v) is 8.11. The van der Waals surface area contributed by atoms with Crippen molar-refractivity contribution in [2.45, 2.75) is 50.2 Å². The van der Waals surface area contributed by atoms with Crippen molar-refractivity contribution in [1.29, 1.82) is 0 Å². The van der Waals surface area contributed by atoms with Crippen LogP contribution in [-0.4, -0.2) is 31.0 Å². The first-order valence-electron chi connectivity index (χ1n) is 8.27. The van der Waals surface area contributed by atoms with Crippen molar-refractivity contribution in [3.8, 4) is 0 Å². The summed E-state index contributed by atoms with van der Waals surface area (Å²) in [4.78, 5) is 12.5. The summed E-state index contributed by atoms with van der Waals surface area (Å²) >= 11 is 7.44. The van der Waals surface area contributed by atoms with Gasteiger partial charge in [-0.1, -0.05) is 0 Å². The minimum atomic E-state index is -3.63. The molecule has 142 valence electrons. The van der Waals surface area contributed by atoms with Gasteiger partial charge in [0.05, 0.1) is 31.5 Å². The van der Waals surface area contributed by atoms with Gasteiger partial charge in [0, 0.05) is 11.1 Å². The number of halogens is 1. The highest BCUT2D eigenvalue weighted by Crippen LogP contribution is 2.67. The monoisotopic (exact) mass is 410 g/mol. The maximum atomic E-state index is 13.6. The van der Waals surface area contributed by atoms with Crippen LogP contribution < -0.4 is 0 Å². The second-order valence-corrected chi connectivity index (χ2v) is 8.96. The van der Waals surface area contributed by atoms with Crippen LogP contribution in [0, 0.1) is 6.92 Å². The van der Waals surface area contributed by atoms with Gasteiger partial charge in [0.25, 0.3) is 0 Å². The summed E-state index contributed by atoms with van der Waals surface area (Å²) in [5.74, 6) is 1.57. The fourth-order valence-electron chi connectivity index (χ4n) is 2.99. The number of rotatable bonds is 8. The van der Waals surface area contributed by atoms with Crippen LogP contribution in [0.1, 0.15) is 49.1 Å². The molecule has 1 aromatic rings. The van der Waals surface area contributed by atoms with E-state index in [1.807, 2.05) is 6.92 Å². The molecule has 0 fully saturated rings. The van der Waals surface area contributed by atoms with E-state index in [4.69, 9.17) is 29.8 Å². The van der Waals surface area contributed by atoms with Gasteiger partial charge in [-0.15, -0.1) is 23.4 Å². The van der Waals surface area contributed by atoms with Crippen LogP contribution in [0.25, 0.3) is 0 Å². The lowest BCUT2D eigenvalue weighted by Gasteiger charge is -2.34. The Morgan fingerprint density at radius 2 is 1.92 bits per heavy atom. The highest BCUT2D eigenvalue weighted by Gasteiger charge is 2.51. The van der Waals surface area contributed by atoms with E-state index in [1.165, 1.54) is 11.8 Å². The third kappa shape index (κ3) is 4.11. The first-order valence-corrected chi connectivity index (χ1v) is 11.5. The molecule has 0 radical (unpaired) electrons. The van der Waals surface area contributed by atoms with E-state index >= 15 is 0 Å². The topological polar surface area (TPSA) is 75.0 Å². The molecule has 0 bridgehead atoms. The molecule has 0 aromatic carbocycles. The van der Waals surface area contributed by atoms with Crippen molar-refractivity contribution in [3.05, 3.63) is 22.6 Å². The van der Waals surface area contributed by atoms with Crippen molar-refractivity contribution < 1.29 is 27.6 Å². The molecular formula is C16H24ClO6PS. The van der Waals surface area contributed by atoms with Crippen LogP contribution in [0.2, 0.25) is 0 Å². The van der Waals surface area contributed by atoms with Crippen LogP contribution in [0.4, 0.5) is 0 Å². The molecule has 0 saturated carbocycles. The predicted octanol–water partition coefficient (Wildman–Crippen LogP) is 4.81. The number of carbonyl (C=O) groups is 1. The summed E-state index contributed by atoms with van der Waals surface area (Å²) in [6.45, 7) is 7.69. The van der Waals surface area contributed by atoms with Gasteiger partial charge in [0.1, 0.15) is 22.4 Å². The number of fused-ring (bicyclic) bond motifs is 1. The molecule has 0 amide bonds. The highest BCUT2D eigenvalue weighted by atomic mass is 35.5. The first kappa shape index (κ1) is 20.8. The van der Waals surface area contributed by atoms with Crippen molar-refractivity contribution in [3.63, 3.8) is 0 Å². The average molecular weight is 411 g/mol. The quantitative estimate of drug-likeness (QED) is 0.345. The Hall–Kier alpha value is -0.460. The van der Waals surface area contributed by atoms with E-state index in [2.05, 4.69) is 0 Å². The van der Waals surface area contributed by atoms with Gasteiger partial charge in [-0.05, 0) is 27.7 Å². The fraction of sp³-hybridized carbons (Fsp3) is 0.688. The number of ether oxygens (including phenoxy) is 1. The number of furan rings is 1. The zero-order valence-corrected chi connectivity index (χ0v) is 17.3. The van der Waals surface area contributed by atoms with Gasteiger partial charge >= 0.3 is 13.6 Å². The molecule has 2 heterocycles. The average Bonchev–Trinajstić information content (AvgIpc) is 2.89. The SMILES string of the molecule is CCOC(=O)C1SCc2oc(C)c(CCl)c2C1P(=O)(OCC)OCC. The minimum Gasteiger partial charge on any atom is -0.465 e. The summed E-state index contributed by atoms with van der Waals surface area (Å²) < 4.78 is 35.7. The molecule has 1 aromatic heterocycles. The summed E-state index contributed by atoms with van der Waals surface area (Å²) in [6, 6.07) is 0. The van der Waals surface area contributed by atoms with Gasteiger partial charge < -0.3 is 18.2 Å². The lowest BCUT2D eigenvalue weighted by Crippen LogP contribution is -2.32. The van der Waals surface area contributed by atoms with Crippen LogP contribution in [0.5, 0.6) is 0 Å². The molecule has 2 unspecified atom stereocenters. The number of thioether (sulfide) groups is 1. The molecule has 6 nitrogen and oxygen atoms in total. The Bertz CT molecular complexity index is 651. The molecule has 0 saturated heterocycles. The number of aryl methyl sites for hydroxylation is 1. The van der Waals surface area contributed by atoms with Crippen molar-refractivity contribution in [2.24, 2.45) is 0 Å². The summed E-state index contributed by atoms with van der Waals surface area (Å²) in [7, 11) is -3.63. The smallest absolute Gasteiger partial charge is 0.339 e. The van der Waals surface area contributed by atoms with Crippen LogP contribution >= 0.6 is 31.0 Å². The largest absolute Gasteiger partial charge is 0.465 e. The van der Waals surface area contributed by atoms with Gasteiger partial charge in [-0.25, -0.2) is 0 Å². The molecule has 1 aliphatic heterocycles. The van der Waals surface area contributed by atoms with Crippen molar-refractivity contribution in [2.75, 3.05) is 19.8 Å². The normalized spacial score (nSPS) is 20.4. The molecule has 2 atom stereocenters. The van der Waals surface area contributed by atoms with Crippen molar-refractivity contribution >= 4 is 36.9 Å². The van der Waals surface area contributed by atoms with Gasteiger partial charge in [-0.2, -0.15) is 0 Å². The number of esters is 1. The first-order chi connectivity index (χ1) is 11.9. The Morgan fingerprint density at radius 3 is 2.44 bits per heavy atom. The second kappa shape index (κ2) is 8.96. The fourth-order valence-corrected chi connectivity index (χ4v) is 7.28. The van der Waals surface area contributed by atoms with E-state index in [0.717, 1.165) is 5.56 Å². The lowest BCUT2D eigenvalue weighted by atomic mass is 10.0. The van der Waals surface area contributed by atoms with E-state index < -0.39 is 24.5 Å². The second-order valence-electron chi connectivity index (χ2n) is 5.41. The minimum absolute atomic E-state index is 0.194. The van der Waals surface area contributed by atoms with Gasteiger partial charge in [-0.3, -0.25) is 9.36 Å². The Morgan fingerprint density at radius 1 is 1.28 bits per heavy atom. The molecule has 0 N–H and O–H groups in total. The number of hydrogen-bond acceptors (Lipinski definition) is 7. The number of carbonyl (C=O) groups excluding carboxylic acids is 1. The molecule has 25 heavy (non-hydrogen) atoms. The molecular weight excluding hydrogens is 387 g/mol. The maximum Gasteiger partial charge on any atom is 0.339 e. The van der Waals surface area contributed by atoms with Crippen LogP contribution in [-0.2, 0) is 34.8 Å². The molecule has 1 aliphatic rings. The summed E-state index contributed by atoms with van der Waals surface area (Å²) in [5.41, 5.74) is 0.622. The van der Waals surface area contributed by atoms with E-state index in [9.17, 15) is 9.36 Å². The molecule has 2 rings (SSSR count). The molecule has 0 spiro atoms. The third-order valence-electron chi connectivity index (χ3n) is 3.91. The summed E-state index contributed by atoms with van der Waals surface area (Å²) in [5, 5.41) is -0.699. The van der Waals surface area contributed by atoms with E-state index in [-0.39, 0.29) is 25.7 Å².